The molecule has 0 aromatic heterocycles. The van der Waals surface area contributed by atoms with E-state index in [1.54, 1.807) is 31.4 Å². The van der Waals surface area contributed by atoms with Crippen LogP contribution >= 0.6 is 22.6 Å². The number of benzene rings is 2. The predicted molar refractivity (Wildman–Crippen MR) is 80.1 cm³/mol. The Morgan fingerprint density at radius 1 is 1.21 bits per heavy atom. The van der Waals surface area contributed by atoms with Gasteiger partial charge in [0.05, 0.1) is 24.0 Å². The van der Waals surface area contributed by atoms with Gasteiger partial charge in [0, 0.05) is 9.64 Å². The number of nitrogens with one attached hydrogen (secondary N) is 1. The maximum Gasteiger partial charge on any atom is 0.124 e. The summed E-state index contributed by atoms with van der Waals surface area (Å²) < 4.78 is 18.9. The molecule has 0 radical (unpaired) electrons. The Morgan fingerprint density at radius 2 is 2.00 bits per heavy atom. The summed E-state index contributed by atoms with van der Waals surface area (Å²) in [6.45, 7) is 0. The molecule has 0 spiro atoms. The second kappa shape index (κ2) is 5.89. The average molecular weight is 368 g/mol. The van der Waals surface area contributed by atoms with Crippen LogP contribution in [0.2, 0.25) is 0 Å². The molecule has 2 aromatic rings. The van der Waals surface area contributed by atoms with Crippen LogP contribution < -0.4 is 10.1 Å². The van der Waals surface area contributed by atoms with Crippen LogP contribution in [0.5, 0.6) is 5.75 Å². The van der Waals surface area contributed by atoms with Gasteiger partial charge < -0.3 is 10.1 Å². The Balaban J connectivity index is 2.39. The van der Waals surface area contributed by atoms with Gasteiger partial charge in [0.1, 0.15) is 17.6 Å². The number of hydrogen-bond acceptors (Lipinski definition) is 3. The minimum Gasteiger partial charge on any atom is -0.497 e. The normalized spacial score (nSPS) is 9.79. The van der Waals surface area contributed by atoms with E-state index in [-0.39, 0.29) is 5.82 Å². The van der Waals surface area contributed by atoms with Gasteiger partial charge in [-0.15, -0.1) is 0 Å². The van der Waals surface area contributed by atoms with Gasteiger partial charge in [-0.05, 0) is 52.9 Å². The number of nitriles is 1. The van der Waals surface area contributed by atoms with E-state index in [1.165, 1.54) is 12.1 Å². The molecule has 2 rings (SSSR count). The first-order valence-corrected chi connectivity index (χ1v) is 6.52. The molecule has 1 N–H and O–H groups in total. The van der Waals surface area contributed by atoms with E-state index in [0.717, 1.165) is 9.26 Å². The summed E-state index contributed by atoms with van der Waals surface area (Å²) in [4.78, 5) is 0. The van der Waals surface area contributed by atoms with Crippen molar-refractivity contribution in [3.63, 3.8) is 0 Å². The molecule has 2 aromatic carbocycles. The molecule has 0 fully saturated rings. The lowest BCUT2D eigenvalue weighted by molar-refractivity contribution is 0.415. The zero-order chi connectivity index (χ0) is 13.8. The molecule has 0 aliphatic rings. The minimum absolute atomic E-state index is 0.291. The molecule has 0 atom stereocenters. The van der Waals surface area contributed by atoms with Crippen molar-refractivity contribution in [1.29, 1.82) is 5.26 Å². The van der Waals surface area contributed by atoms with Crippen LogP contribution in [0.4, 0.5) is 15.8 Å². The van der Waals surface area contributed by atoms with Crippen molar-refractivity contribution in [1.82, 2.24) is 0 Å². The molecule has 0 saturated carbocycles. The standard InChI is InChI=1S/C14H10FIN2O/c1-19-11-4-2-9(8-17)14(7-11)18-13-5-3-10(15)6-12(13)16/h2-7,18H,1H3. The summed E-state index contributed by atoms with van der Waals surface area (Å²) in [6.07, 6.45) is 0. The number of nitrogens with zero attached hydrogens (tertiary/aromatic N) is 1. The Hall–Kier alpha value is -1.81. The van der Waals surface area contributed by atoms with Crippen LogP contribution in [0, 0.1) is 20.7 Å². The van der Waals surface area contributed by atoms with Crippen LogP contribution in [0.25, 0.3) is 0 Å². The predicted octanol–water partition coefficient (Wildman–Crippen LogP) is 4.05. The number of methoxy groups -OCH3 is 1. The van der Waals surface area contributed by atoms with Crippen molar-refractivity contribution >= 4 is 34.0 Å². The number of halogens is 2. The summed E-state index contributed by atoms with van der Waals surface area (Å²) in [5.74, 6) is 0.361. The highest BCUT2D eigenvalue weighted by Crippen LogP contribution is 2.28. The number of rotatable bonds is 3. The fourth-order valence-electron chi connectivity index (χ4n) is 1.59. The molecule has 3 nitrogen and oxygen atoms in total. The van der Waals surface area contributed by atoms with Crippen molar-refractivity contribution in [2.24, 2.45) is 0 Å². The average Bonchev–Trinajstić information content (AvgIpc) is 2.41. The summed E-state index contributed by atoms with van der Waals surface area (Å²) >= 11 is 2.04. The van der Waals surface area contributed by atoms with Crippen molar-refractivity contribution in [2.75, 3.05) is 12.4 Å². The smallest absolute Gasteiger partial charge is 0.124 e. The van der Waals surface area contributed by atoms with Gasteiger partial charge in [0.25, 0.3) is 0 Å². The Morgan fingerprint density at radius 3 is 2.63 bits per heavy atom. The largest absolute Gasteiger partial charge is 0.497 e. The first kappa shape index (κ1) is 13.6. The lowest BCUT2D eigenvalue weighted by Gasteiger charge is -2.11. The molecule has 96 valence electrons. The van der Waals surface area contributed by atoms with E-state index in [2.05, 4.69) is 11.4 Å². The summed E-state index contributed by atoms with van der Waals surface area (Å²) in [7, 11) is 1.56. The van der Waals surface area contributed by atoms with Gasteiger partial charge in [-0.3, -0.25) is 0 Å². The van der Waals surface area contributed by atoms with Gasteiger partial charge in [0.15, 0.2) is 0 Å². The van der Waals surface area contributed by atoms with E-state index >= 15 is 0 Å². The zero-order valence-corrected chi connectivity index (χ0v) is 12.2. The fourth-order valence-corrected chi connectivity index (χ4v) is 2.20. The topological polar surface area (TPSA) is 45.0 Å². The van der Waals surface area contributed by atoms with Gasteiger partial charge in [-0.25, -0.2) is 4.39 Å². The van der Waals surface area contributed by atoms with Gasteiger partial charge in [-0.1, -0.05) is 0 Å². The highest BCUT2D eigenvalue weighted by Gasteiger charge is 2.07. The van der Waals surface area contributed by atoms with Crippen LogP contribution in [-0.4, -0.2) is 7.11 Å². The highest BCUT2D eigenvalue weighted by molar-refractivity contribution is 14.1. The Kier molecular flexibility index (Phi) is 4.22. The third kappa shape index (κ3) is 3.15. The minimum atomic E-state index is -0.291. The number of anilines is 2. The van der Waals surface area contributed by atoms with Gasteiger partial charge in [0.2, 0.25) is 0 Å². The number of ether oxygens (including phenoxy) is 1. The first-order chi connectivity index (χ1) is 9.13. The molecule has 0 aliphatic carbocycles. The van der Waals surface area contributed by atoms with E-state index in [4.69, 9.17) is 10.00 Å². The molecule has 0 bridgehead atoms. The zero-order valence-electron chi connectivity index (χ0n) is 10.1. The summed E-state index contributed by atoms with van der Waals surface area (Å²) in [6, 6.07) is 11.7. The first-order valence-electron chi connectivity index (χ1n) is 5.44. The molecule has 19 heavy (non-hydrogen) atoms. The Bertz CT molecular complexity index is 652. The van der Waals surface area contributed by atoms with E-state index < -0.39 is 0 Å². The molecule has 0 aliphatic heterocycles. The van der Waals surface area contributed by atoms with Crippen LogP contribution in [-0.2, 0) is 0 Å². The number of hydrogen-bond donors (Lipinski definition) is 1. The quantitative estimate of drug-likeness (QED) is 0.832. The van der Waals surface area contributed by atoms with Crippen molar-refractivity contribution in [3.05, 3.63) is 51.3 Å². The molecular formula is C14H10FIN2O. The van der Waals surface area contributed by atoms with Gasteiger partial charge in [-0.2, -0.15) is 5.26 Å². The molecule has 0 unspecified atom stereocenters. The molecule has 0 amide bonds. The van der Waals surface area contributed by atoms with Crippen LogP contribution in [0.15, 0.2) is 36.4 Å². The third-order valence-corrected chi connectivity index (χ3v) is 3.44. The Labute approximate surface area is 124 Å². The summed E-state index contributed by atoms with van der Waals surface area (Å²) in [5, 5.41) is 12.2. The third-order valence-electron chi connectivity index (χ3n) is 2.55. The molecule has 0 saturated heterocycles. The lowest BCUT2D eigenvalue weighted by Crippen LogP contribution is -1.97. The second-order valence-corrected chi connectivity index (χ2v) is 4.93. The molecular weight excluding hydrogens is 358 g/mol. The fraction of sp³-hybridized carbons (Fsp3) is 0.0714. The van der Waals surface area contributed by atoms with E-state index in [0.29, 0.717) is 17.0 Å². The molecule has 5 heteroatoms. The maximum absolute atomic E-state index is 13.0. The summed E-state index contributed by atoms with van der Waals surface area (Å²) in [5.41, 5.74) is 1.87. The second-order valence-electron chi connectivity index (χ2n) is 3.77. The monoisotopic (exact) mass is 368 g/mol. The van der Waals surface area contributed by atoms with Crippen molar-refractivity contribution in [2.45, 2.75) is 0 Å². The van der Waals surface area contributed by atoms with Crippen molar-refractivity contribution < 1.29 is 9.13 Å². The van der Waals surface area contributed by atoms with Crippen LogP contribution in [0.1, 0.15) is 5.56 Å². The van der Waals surface area contributed by atoms with E-state index in [9.17, 15) is 4.39 Å². The van der Waals surface area contributed by atoms with Crippen LogP contribution in [0.3, 0.4) is 0 Å². The highest BCUT2D eigenvalue weighted by atomic mass is 127. The molecule has 0 heterocycles. The van der Waals surface area contributed by atoms with E-state index in [1.807, 2.05) is 22.6 Å². The maximum atomic E-state index is 13.0. The van der Waals surface area contributed by atoms with Gasteiger partial charge >= 0.3 is 0 Å². The lowest BCUT2D eigenvalue weighted by atomic mass is 10.1. The SMILES string of the molecule is COc1ccc(C#N)c(Nc2ccc(F)cc2I)c1. The van der Waals surface area contributed by atoms with Crippen molar-refractivity contribution in [3.8, 4) is 11.8 Å².